The Morgan fingerprint density at radius 2 is 2.36 bits per heavy atom. The third-order valence-corrected chi connectivity index (χ3v) is 3.07. The van der Waals surface area contributed by atoms with Gasteiger partial charge >= 0.3 is 0 Å². The molecule has 1 aliphatic rings. The van der Waals surface area contributed by atoms with Gasteiger partial charge in [0.15, 0.2) is 0 Å². The van der Waals surface area contributed by atoms with Crippen molar-refractivity contribution < 1.29 is 0 Å². The number of nitrogen functional groups attached to an aromatic ring is 1. The summed E-state index contributed by atoms with van der Waals surface area (Å²) < 4.78 is 1.73. The summed E-state index contributed by atoms with van der Waals surface area (Å²) in [4.78, 5) is 11.6. The number of aromatic nitrogens is 1. The van der Waals surface area contributed by atoms with Crippen molar-refractivity contribution in [2.45, 2.75) is 26.3 Å². The minimum absolute atomic E-state index is 0.0470. The lowest BCUT2D eigenvalue weighted by molar-refractivity contribution is 0.558. The molecule has 0 saturated heterocycles. The van der Waals surface area contributed by atoms with Gasteiger partial charge in [0.1, 0.15) is 0 Å². The van der Waals surface area contributed by atoms with Crippen LogP contribution in [0.4, 0.5) is 5.69 Å². The van der Waals surface area contributed by atoms with Crippen LogP contribution < -0.4 is 11.3 Å². The van der Waals surface area contributed by atoms with Crippen molar-refractivity contribution in [3.05, 3.63) is 28.7 Å². The van der Waals surface area contributed by atoms with Gasteiger partial charge in [0.05, 0.1) is 5.69 Å². The zero-order valence-electron chi connectivity index (χ0n) is 8.44. The summed E-state index contributed by atoms with van der Waals surface area (Å²) in [6.07, 6.45) is 4.31. The summed E-state index contributed by atoms with van der Waals surface area (Å²) in [5.41, 5.74) is 5.85. The van der Waals surface area contributed by atoms with Gasteiger partial charge in [0, 0.05) is 12.7 Å². The van der Waals surface area contributed by atoms with Crippen LogP contribution in [0.3, 0.4) is 0 Å². The highest BCUT2D eigenvalue weighted by Gasteiger charge is 2.35. The van der Waals surface area contributed by atoms with Crippen molar-refractivity contribution in [1.29, 1.82) is 0 Å². The van der Waals surface area contributed by atoms with Crippen LogP contribution in [0.1, 0.15) is 19.8 Å². The maximum atomic E-state index is 11.6. The number of rotatable bonds is 3. The molecule has 1 fully saturated rings. The maximum Gasteiger partial charge on any atom is 0.273 e. The van der Waals surface area contributed by atoms with Crippen LogP contribution in [0.15, 0.2) is 23.1 Å². The van der Waals surface area contributed by atoms with E-state index < -0.39 is 0 Å². The monoisotopic (exact) mass is 192 g/mol. The molecule has 1 aliphatic carbocycles. The fourth-order valence-electron chi connectivity index (χ4n) is 1.99. The lowest BCUT2D eigenvalue weighted by Crippen LogP contribution is -2.22. The molecule has 1 saturated carbocycles. The van der Waals surface area contributed by atoms with Gasteiger partial charge in [-0.3, -0.25) is 4.79 Å². The Kier molecular flexibility index (Phi) is 2.32. The molecule has 1 aromatic heterocycles. The van der Waals surface area contributed by atoms with E-state index in [0.29, 0.717) is 11.6 Å². The predicted octanol–water partition coefficient (Wildman–Crippen LogP) is 1.48. The first-order chi connectivity index (χ1) is 6.72. The van der Waals surface area contributed by atoms with Gasteiger partial charge in [0.2, 0.25) is 0 Å². The van der Waals surface area contributed by atoms with Crippen molar-refractivity contribution in [3.63, 3.8) is 0 Å². The Bertz CT molecular complexity index is 383. The number of hydrogen-bond donors (Lipinski definition) is 1. The van der Waals surface area contributed by atoms with E-state index in [9.17, 15) is 4.79 Å². The number of nitrogens with zero attached hydrogens (tertiary/aromatic N) is 1. The lowest BCUT2D eigenvalue weighted by Gasteiger charge is -2.04. The number of pyridine rings is 1. The maximum absolute atomic E-state index is 11.6. The SMILES string of the molecule is CCC1CC1Cn1cccc(N)c1=O. The molecule has 0 bridgehead atoms. The normalized spacial score (nSPS) is 24.9. The van der Waals surface area contributed by atoms with Gasteiger partial charge < -0.3 is 10.3 Å². The van der Waals surface area contributed by atoms with Crippen LogP contribution in [0.2, 0.25) is 0 Å². The zero-order valence-corrected chi connectivity index (χ0v) is 8.44. The van der Waals surface area contributed by atoms with Crippen LogP contribution in [-0.2, 0) is 6.54 Å². The Morgan fingerprint density at radius 3 is 3.00 bits per heavy atom. The van der Waals surface area contributed by atoms with Crippen molar-refractivity contribution in [1.82, 2.24) is 4.57 Å². The Balaban J connectivity index is 2.11. The highest BCUT2D eigenvalue weighted by molar-refractivity contribution is 5.33. The van der Waals surface area contributed by atoms with Gasteiger partial charge in [-0.1, -0.05) is 13.3 Å². The molecule has 1 heterocycles. The first-order valence-electron chi connectivity index (χ1n) is 5.17. The highest BCUT2D eigenvalue weighted by Crippen LogP contribution is 2.41. The van der Waals surface area contributed by atoms with Gasteiger partial charge in [-0.25, -0.2) is 0 Å². The first kappa shape index (κ1) is 9.31. The zero-order chi connectivity index (χ0) is 10.1. The van der Waals surface area contributed by atoms with E-state index in [-0.39, 0.29) is 5.56 Å². The highest BCUT2D eigenvalue weighted by atomic mass is 16.1. The van der Waals surface area contributed by atoms with Crippen LogP contribution in [-0.4, -0.2) is 4.57 Å². The Hall–Kier alpha value is -1.25. The van der Waals surface area contributed by atoms with E-state index in [4.69, 9.17) is 5.73 Å². The molecule has 2 rings (SSSR count). The fraction of sp³-hybridized carbons (Fsp3) is 0.545. The molecule has 0 aliphatic heterocycles. The molecule has 2 atom stereocenters. The van der Waals surface area contributed by atoms with Crippen molar-refractivity contribution in [3.8, 4) is 0 Å². The van der Waals surface area contributed by atoms with E-state index in [1.165, 1.54) is 12.8 Å². The predicted molar refractivity (Wildman–Crippen MR) is 57.0 cm³/mol. The molecule has 0 radical (unpaired) electrons. The van der Waals surface area contributed by atoms with Gasteiger partial charge in [-0.15, -0.1) is 0 Å². The van der Waals surface area contributed by atoms with Crippen molar-refractivity contribution >= 4 is 5.69 Å². The second-order valence-corrected chi connectivity index (χ2v) is 4.09. The quantitative estimate of drug-likeness (QED) is 0.788. The fourth-order valence-corrected chi connectivity index (χ4v) is 1.99. The summed E-state index contributed by atoms with van der Waals surface area (Å²) in [5.74, 6) is 1.52. The van der Waals surface area contributed by atoms with E-state index in [0.717, 1.165) is 12.5 Å². The van der Waals surface area contributed by atoms with E-state index in [2.05, 4.69) is 6.92 Å². The number of anilines is 1. The molecule has 0 aromatic carbocycles. The summed E-state index contributed by atoms with van der Waals surface area (Å²) in [6.45, 7) is 3.04. The Labute approximate surface area is 83.5 Å². The first-order valence-corrected chi connectivity index (χ1v) is 5.17. The molecule has 0 spiro atoms. The molecule has 76 valence electrons. The van der Waals surface area contributed by atoms with E-state index in [1.807, 2.05) is 12.3 Å². The molecule has 3 heteroatoms. The summed E-state index contributed by atoms with van der Waals surface area (Å²) in [7, 11) is 0. The summed E-state index contributed by atoms with van der Waals surface area (Å²) >= 11 is 0. The molecule has 2 unspecified atom stereocenters. The van der Waals surface area contributed by atoms with E-state index in [1.54, 1.807) is 10.6 Å². The van der Waals surface area contributed by atoms with Crippen LogP contribution in [0, 0.1) is 11.8 Å². The lowest BCUT2D eigenvalue weighted by atomic mass is 10.2. The van der Waals surface area contributed by atoms with Crippen LogP contribution >= 0.6 is 0 Å². The smallest absolute Gasteiger partial charge is 0.273 e. The molecule has 2 N–H and O–H groups in total. The minimum atomic E-state index is -0.0470. The second kappa shape index (κ2) is 3.48. The average molecular weight is 192 g/mol. The largest absolute Gasteiger partial charge is 0.394 e. The van der Waals surface area contributed by atoms with E-state index >= 15 is 0 Å². The van der Waals surface area contributed by atoms with Gasteiger partial charge in [-0.05, 0) is 30.4 Å². The summed E-state index contributed by atoms with van der Waals surface area (Å²) in [6, 6.07) is 3.49. The number of nitrogens with two attached hydrogens (primary N) is 1. The van der Waals surface area contributed by atoms with Crippen molar-refractivity contribution in [2.24, 2.45) is 11.8 Å². The molecular weight excluding hydrogens is 176 g/mol. The topological polar surface area (TPSA) is 48.0 Å². The Morgan fingerprint density at radius 1 is 1.57 bits per heavy atom. The average Bonchev–Trinajstić information content (AvgIpc) is 2.92. The molecule has 14 heavy (non-hydrogen) atoms. The summed E-state index contributed by atoms with van der Waals surface area (Å²) in [5, 5.41) is 0. The third kappa shape index (κ3) is 1.67. The molecular formula is C11H16N2O. The molecule has 3 nitrogen and oxygen atoms in total. The van der Waals surface area contributed by atoms with Gasteiger partial charge in [-0.2, -0.15) is 0 Å². The van der Waals surface area contributed by atoms with Crippen molar-refractivity contribution in [2.75, 3.05) is 5.73 Å². The van der Waals surface area contributed by atoms with Gasteiger partial charge in [0.25, 0.3) is 5.56 Å². The molecule has 1 aromatic rings. The second-order valence-electron chi connectivity index (χ2n) is 4.09. The minimum Gasteiger partial charge on any atom is -0.394 e. The molecule has 0 amide bonds. The number of hydrogen-bond acceptors (Lipinski definition) is 2. The third-order valence-electron chi connectivity index (χ3n) is 3.07. The standard InChI is InChI=1S/C11H16N2O/c1-2-8-6-9(8)7-13-5-3-4-10(12)11(13)14/h3-5,8-9H,2,6-7,12H2,1H3. The van der Waals surface area contributed by atoms with Crippen LogP contribution in [0.25, 0.3) is 0 Å². The van der Waals surface area contributed by atoms with Crippen LogP contribution in [0.5, 0.6) is 0 Å².